The molecular weight excluding hydrogens is 220 g/mol. The third-order valence-electron chi connectivity index (χ3n) is 2.95. The van der Waals surface area contributed by atoms with Gasteiger partial charge in [-0.25, -0.2) is 0 Å². The summed E-state index contributed by atoms with van der Waals surface area (Å²) in [5.74, 6) is 1.01. The molecule has 0 saturated carbocycles. The summed E-state index contributed by atoms with van der Waals surface area (Å²) in [5, 5.41) is 0.899. The molecule has 1 amide bonds. The van der Waals surface area contributed by atoms with Crippen molar-refractivity contribution in [3.63, 3.8) is 0 Å². The average Bonchev–Trinajstić information content (AvgIpc) is 2.79. The van der Waals surface area contributed by atoms with Gasteiger partial charge >= 0.3 is 0 Å². The number of amides is 1. The van der Waals surface area contributed by atoms with E-state index in [0.29, 0.717) is 0 Å². The number of benzene rings is 1. The van der Waals surface area contributed by atoms with Crippen molar-refractivity contribution in [2.24, 2.45) is 4.99 Å². The second-order valence-corrected chi connectivity index (χ2v) is 5.15. The molecule has 2 heterocycles. The molecule has 0 aliphatic carbocycles. The molecule has 1 aromatic rings. The second kappa shape index (κ2) is 3.63. The maximum Gasteiger partial charge on any atom is 0.275 e. The van der Waals surface area contributed by atoms with E-state index in [1.54, 1.807) is 11.8 Å². The maximum atomic E-state index is 11.8. The van der Waals surface area contributed by atoms with Gasteiger partial charge in [-0.1, -0.05) is 41.6 Å². The normalized spacial score (nSPS) is 23.6. The van der Waals surface area contributed by atoms with Gasteiger partial charge in [0.05, 0.1) is 0 Å². The zero-order chi connectivity index (χ0) is 11.1. The summed E-state index contributed by atoms with van der Waals surface area (Å²) < 4.78 is 0. The standard InChI is InChI=1S/C12H12N2OS/c1-8-2-4-9(5-3-8)10-11(15)13-12-14(10)6-7-16-12/h2-5,10H,6-7H2,1H3/t10-/m0/s1. The number of hydrogen-bond donors (Lipinski definition) is 0. The number of aryl methyl sites for hydroxylation is 1. The summed E-state index contributed by atoms with van der Waals surface area (Å²) in [5.41, 5.74) is 2.27. The van der Waals surface area contributed by atoms with Crippen LogP contribution < -0.4 is 0 Å². The van der Waals surface area contributed by atoms with Gasteiger partial charge in [-0.15, -0.1) is 0 Å². The Kier molecular flexibility index (Phi) is 2.24. The van der Waals surface area contributed by atoms with Crippen LogP contribution in [0.15, 0.2) is 29.3 Å². The first-order chi connectivity index (χ1) is 7.75. The van der Waals surface area contributed by atoms with Gasteiger partial charge in [0.1, 0.15) is 6.04 Å². The van der Waals surface area contributed by atoms with Crippen LogP contribution in [0.1, 0.15) is 17.2 Å². The van der Waals surface area contributed by atoms with Crippen molar-refractivity contribution in [2.45, 2.75) is 13.0 Å². The molecular formula is C12H12N2OS. The molecule has 0 radical (unpaired) electrons. The quantitative estimate of drug-likeness (QED) is 0.742. The third kappa shape index (κ3) is 1.45. The lowest BCUT2D eigenvalue weighted by Gasteiger charge is -2.20. The van der Waals surface area contributed by atoms with Crippen molar-refractivity contribution in [3.8, 4) is 0 Å². The molecule has 3 rings (SSSR count). The first kappa shape index (κ1) is 9.90. The summed E-state index contributed by atoms with van der Waals surface area (Å²) >= 11 is 1.67. The highest BCUT2D eigenvalue weighted by Gasteiger charge is 2.39. The van der Waals surface area contributed by atoms with Gasteiger partial charge in [0.15, 0.2) is 5.17 Å². The fourth-order valence-electron chi connectivity index (χ4n) is 2.11. The van der Waals surface area contributed by atoms with E-state index in [1.165, 1.54) is 5.56 Å². The molecule has 82 valence electrons. The number of carbonyl (C=O) groups excluding carboxylic acids is 1. The van der Waals surface area contributed by atoms with Gasteiger partial charge in [-0.2, -0.15) is 4.99 Å². The molecule has 3 nitrogen and oxygen atoms in total. The third-order valence-corrected chi connectivity index (χ3v) is 3.92. The minimum atomic E-state index is -0.175. The largest absolute Gasteiger partial charge is 0.334 e. The Labute approximate surface area is 98.5 Å². The zero-order valence-corrected chi connectivity index (χ0v) is 9.83. The van der Waals surface area contributed by atoms with E-state index < -0.39 is 0 Å². The monoisotopic (exact) mass is 232 g/mol. The Morgan fingerprint density at radius 3 is 2.88 bits per heavy atom. The molecule has 0 unspecified atom stereocenters. The highest BCUT2D eigenvalue weighted by atomic mass is 32.2. The van der Waals surface area contributed by atoms with Gasteiger partial charge in [0, 0.05) is 12.3 Å². The van der Waals surface area contributed by atoms with Crippen molar-refractivity contribution in [1.82, 2.24) is 4.90 Å². The lowest BCUT2D eigenvalue weighted by atomic mass is 10.0. The lowest BCUT2D eigenvalue weighted by molar-refractivity contribution is -0.120. The van der Waals surface area contributed by atoms with Crippen LogP contribution in [0.25, 0.3) is 0 Å². The molecule has 1 atom stereocenters. The van der Waals surface area contributed by atoms with Crippen LogP contribution in [-0.4, -0.2) is 28.3 Å². The van der Waals surface area contributed by atoms with E-state index in [-0.39, 0.29) is 11.9 Å². The van der Waals surface area contributed by atoms with Crippen molar-refractivity contribution in [3.05, 3.63) is 35.4 Å². The highest BCUT2D eigenvalue weighted by molar-refractivity contribution is 8.14. The predicted molar refractivity (Wildman–Crippen MR) is 65.5 cm³/mol. The summed E-state index contributed by atoms with van der Waals surface area (Å²) in [6.07, 6.45) is 0. The Morgan fingerprint density at radius 2 is 2.12 bits per heavy atom. The van der Waals surface area contributed by atoms with Gasteiger partial charge in [0.25, 0.3) is 5.91 Å². The molecule has 0 spiro atoms. The molecule has 1 fully saturated rings. The van der Waals surface area contributed by atoms with E-state index >= 15 is 0 Å². The van der Waals surface area contributed by atoms with Crippen molar-refractivity contribution >= 4 is 22.8 Å². The molecule has 16 heavy (non-hydrogen) atoms. The first-order valence-corrected chi connectivity index (χ1v) is 6.33. The Bertz CT molecular complexity index is 466. The van der Waals surface area contributed by atoms with E-state index in [9.17, 15) is 4.79 Å². The molecule has 2 aliphatic heterocycles. The van der Waals surface area contributed by atoms with Crippen LogP contribution in [0.4, 0.5) is 0 Å². The predicted octanol–water partition coefficient (Wildman–Crippen LogP) is 1.98. The lowest BCUT2D eigenvalue weighted by Crippen LogP contribution is -2.27. The number of rotatable bonds is 1. The Morgan fingerprint density at radius 1 is 1.38 bits per heavy atom. The van der Waals surface area contributed by atoms with Gasteiger partial charge < -0.3 is 4.90 Å². The molecule has 0 bridgehead atoms. The summed E-state index contributed by atoms with van der Waals surface area (Å²) in [7, 11) is 0. The minimum Gasteiger partial charge on any atom is -0.334 e. The fraction of sp³-hybridized carbons (Fsp3) is 0.333. The van der Waals surface area contributed by atoms with Crippen LogP contribution >= 0.6 is 11.8 Å². The average molecular weight is 232 g/mol. The van der Waals surface area contributed by atoms with Gasteiger partial charge in [-0.05, 0) is 12.5 Å². The van der Waals surface area contributed by atoms with Crippen LogP contribution in [0.3, 0.4) is 0 Å². The molecule has 0 aromatic heterocycles. The summed E-state index contributed by atoms with van der Waals surface area (Å²) in [4.78, 5) is 18.0. The molecule has 1 saturated heterocycles. The number of carbonyl (C=O) groups is 1. The number of hydrogen-bond acceptors (Lipinski definition) is 3. The Balaban J connectivity index is 1.96. The number of fused-ring (bicyclic) bond motifs is 1. The van der Waals surface area contributed by atoms with Gasteiger partial charge in [0.2, 0.25) is 0 Å². The molecule has 1 aromatic carbocycles. The first-order valence-electron chi connectivity index (χ1n) is 5.34. The highest BCUT2D eigenvalue weighted by Crippen LogP contribution is 2.35. The SMILES string of the molecule is Cc1ccc([C@H]2C(=O)N=C3SCCN32)cc1. The smallest absolute Gasteiger partial charge is 0.275 e. The van der Waals surface area contributed by atoms with E-state index in [4.69, 9.17) is 0 Å². The number of aliphatic imine (C=N–C) groups is 1. The van der Waals surface area contributed by atoms with Crippen molar-refractivity contribution < 1.29 is 4.79 Å². The number of nitrogens with zero attached hydrogens (tertiary/aromatic N) is 2. The molecule has 4 heteroatoms. The van der Waals surface area contributed by atoms with E-state index in [1.807, 2.05) is 31.2 Å². The summed E-state index contributed by atoms with van der Waals surface area (Å²) in [6, 6.07) is 7.97. The summed E-state index contributed by atoms with van der Waals surface area (Å²) in [6.45, 7) is 2.97. The van der Waals surface area contributed by atoms with Crippen LogP contribution in [-0.2, 0) is 4.79 Å². The van der Waals surface area contributed by atoms with E-state index in [2.05, 4.69) is 9.89 Å². The number of thioether (sulfide) groups is 1. The number of amidine groups is 1. The zero-order valence-electron chi connectivity index (χ0n) is 9.01. The maximum absolute atomic E-state index is 11.8. The fourth-order valence-corrected chi connectivity index (χ4v) is 3.10. The molecule has 2 aliphatic rings. The second-order valence-electron chi connectivity index (χ2n) is 4.09. The van der Waals surface area contributed by atoms with E-state index in [0.717, 1.165) is 23.0 Å². The van der Waals surface area contributed by atoms with Crippen LogP contribution in [0.5, 0.6) is 0 Å². The topological polar surface area (TPSA) is 32.7 Å². The Hall–Kier alpha value is -1.29. The minimum absolute atomic E-state index is 0.0222. The van der Waals surface area contributed by atoms with Crippen molar-refractivity contribution in [2.75, 3.05) is 12.3 Å². The van der Waals surface area contributed by atoms with Gasteiger partial charge in [-0.3, -0.25) is 4.79 Å². The molecule has 0 N–H and O–H groups in total. The van der Waals surface area contributed by atoms with Crippen LogP contribution in [0.2, 0.25) is 0 Å². The van der Waals surface area contributed by atoms with Crippen LogP contribution in [0, 0.1) is 6.92 Å². The van der Waals surface area contributed by atoms with Crippen molar-refractivity contribution in [1.29, 1.82) is 0 Å².